The Bertz CT molecular complexity index is 994. The first-order valence-corrected chi connectivity index (χ1v) is 9.40. The van der Waals surface area contributed by atoms with E-state index in [9.17, 15) is 9.59 Å². The van der Waals surface area contributed by atoms with Crippen LogP contribution in [0.4, 0.5) is 0 Å². The topological polar surface area (TPSA) is 90.7 Å². The van der Waals surface area contributed by atoms with Gasteiger partial charge in [0.15, 0.2) is 5.76 Å². The molecule has 1 amide bonds. The number of hydrogen-bond acceptors (Lipinski definition) is 6. The third kappa shape index (κ3) is 6.34. The van der Waals surface area contributed by atoms with Crippen LogP contribution >= 0.6 is 0 Å². The molecule has 0 saturated heterocycles. The van der Waals surface area contributed by atoms with Crippen LogP contribution in [0.3, 0.4) is 0 Å². The second-order valence-electron chi connectivity index (χ2n) is 6.36. The van der Waals surface area contributed by atoms with Gasteiger partial charge in [0.05, 0.1) is 13.5 Å². The molecule has 30 heavy (non-hydrogen) atoms. The van der Waals surface area contributed by atoms with Crippen molar-refractivity contribution in [3.8, 4) is 17.1 Å². The van der Waals surface area contributed by atoms with Crippen LogP contribution in [-0.2, 0) is 20.9 Å². The summed E-state index contributed by atoms with van der Waals surface area (Å²) in [6.45, 7) is 0.194. The summed E-state index contributed by atoms with van der Waals surface area (Å²) in [5.74, 6) is 0.635. The highest BCUT2D eigenvalue weighted by molar-refractivity contribution is 5.91. The van der Waals surface area contributed by atoms with E-state index in [-0.39, 0.29) is 25.5 Å². The Balaban J connectivity index is 1.36. The van der Waals surface area contributed by atoms with Crippen molar-refractivity contribution in [1.82, 2.24) is 10.5 Å². The molecule has 0 saturated carbocycles. The summed E-state index contributed by atoms with van der Waals surface area (Å²) in [7, 11) is 1.59. The normalized spacial score (nSPS) is 10.7. The van der Waals surface area contributed by atoms with E-state index < -0.39 is 5.97 Å². The van der Waals surface area contributed by atoms with E-state index in [1.807, 2.05) is 54.6 Å². The van der Waals surface area contributed by atoms with Crippen LogP contribution in [0.5, 0.6) is 5.75 Å². The Morgan fingerprint density at radius 3 is 2.60 bits per heavy atom. The zero-order valence-electron chi connectivity index (χ0n) is 16.5. The number of esters is 1. The van der Waals surface area contributed by atoms with Crippen LogP contribution < -0.4 is 10.1 Å². The number of carbonyl (C=O) groups is 2. The third-order valence-corrected chi connectivity index (χ3v) is 4.17. The molecule has 1 N–H and O–H groups in total. The second-order valence-corrected chi connectivity index (χ2v) is 6.36. The van der Waals surface area contributed by atoms with Gasteiger partial charge in [0.2, 0.25) is 5.91 Å². The Kier molecular flexibility index (Phi) is 7.38. The van der Waals surface area contributed by atoms with Gasteiger partial charge in [-0.25, -0.2) is 0 Å². The van der Waals surface area contributed by atoms with Crippen LogP contribution in [-0.4, -0.2) is 30.7 Å². The number of nitrogens with zero attached hydrogens (tertiary/aromatic N) is 1. The minimum Gasteiger partial charge on any atom is -0.497 e. The lowest BCUT2D eigenvalue weighted by Gasteiger charge is -2.03. The van der Waals surface area contributed by atoms with Gasteiger partial charge in [0.1, 0.15) is 18.1 Å². The molecule has 1 heterocycles. The van der Waals surface area contributed by atoms with Crippen LogP contribution in [0.15, 0.2) is 71.3 Å². The van der Waals surface area contributed by atoms with E-state index in [1.54, 1.807) is 19.3 Å². The van der Waals surface area contributed by atoms with Gasteiger partial charge in [-0.15, -0.1) is 0 Å². The molecule has 0 aliphatic carbocycles. The summed E-state index contributed by atoms with van der Waals surface area (Å²) in [6, 6.07) is 18.6. The predicted octanol–water partition coefficient (Wildman–Crippen LogP) is 3.61. The molecule has 0 fully saturated rings. The maximum atomic E-state index is 11.9. The molecule has 0 aliphatic heterocycles. The predicted molar refractivity (Wildman–Crippen MR) is 111 cm³/mol. The Morgan fingerprint density at radius 2 is 1.87 bits per heavy atom. The molecule has 7 nitrogen and oxygen atoms in total. The summed E-state index contributed by atoms with van der Waals surface area (Å²) in [6.07, 6.45) is 3.15. The van der Waals surface area contributed by atoms with Gasteiger partial charge in [-0.05, 0) is 23.8 Å². The zero-order valence-corrected chi connectivity index (χ0v) is 16.5. The number of nitrogens with one attached hydrogen (secondary N) is 1. The molecule has 0 aliphatic rings. The van der Waals surface area contributed by atoms with E-state index in [2.05, 4.69) is 10.5 Å². The number of methoxy groups -OCH3 is 1. The lowest BCUT2D eigenvalue weighted by molar-refractivity contribution is -0.145. The number of benzene rings is 2. The molecule has 3 aromatic rings. The minimum atomic E-state index is -0.432. The number of aromatic nitrogens is 1. The van der Waals surface area contributed by atoms with Gasteiger partial charge in [0.25, 0.3) is 0 Å². The molecular formula is C23H22N2O5. The Hall–Kier alpha value is -3.87. The standard InChI is InChI=1S/C23H22N2O5/c1-28-20-10-7-17(8-11-20)9-12-22(26)24-14-13-23(27)29-16-19-15-21(30-25-19)18-5-3-2-4-6-18/h2-12,15H,13-14,16H2,1H3,(H,24,26)/b12-9+. The smallest absolute Gasteiger partial charge is 0.307 e. The summed E-state index contributed by atoms with van der Waals surface area (Å²) < 4.78 is 15.5. The average Bonchev–Trinajstić information content (AvgIpc) is 3.26. The molecule has 2 aromatic carbocycles. The number of carbonyl (C=O) groups excluding carboxylic acids is 2. The third-order valence-electron chi connectivity index (χ3n) is 4.17. The van der Waals surface area contributed by atoms with Gasteiger partial charge >= 0.3 is 5.97 Å². The molecular weight excluding hydrogens is 384 g/mol. The Labute approximate surface area is 174 Å². The van der Waals surface area contributed by atoms with Gasteiger partial charge in [0, 0.05) is 24.3 Å². The van der Waals surface area contributed by atoms with E-state index in [0.29, 0.717) is 11.5 Å². The highest BCUT2D eigenvalue weighted by atomic mass is 16.5. The molecule has 0 unspecified atom stereocenters. The fourth-order valence-electron chi connectivity index (χ4n) is 2.58. The van der Waals surface area contributed by atoms with Crippen LogP contribution in [0.1, 0.15) is 17.7 Å². The highest BCUT2D eigenvalue weighted by Crippen LogP contribution is 2.20. The molecule has 1 aromatic heterocycles. The molecule has 0 spiro atoms. The van der Waals surface area contributed by atoms with Crippen molar-refractivity contribution in [3.63, 3.8) is 0 Å². The Morgan fingerprint density at radius 1 is 1.10 bits per heavy atom. The number of rotatable bonds is 9. The summed E-state index contributed by atoms with van der Waals surface area (Å²) in [4.78, 5) is 23.7. The molecule has 0 atom stereocenters. The van der Waals surface area contributed by atoms with Gasteiger partial charge in [-0.3, -0.25) is 9.59 Å². The van der Waals surface area contributed by atoms with Crippen molar-refractivity contribution in [2.45, 2.75) is 13.0 Å². The van der Waals surface area contributed by atoms with Crippen LogP contribution in [0.2, 0.25) is 0 Å². The maximum absolute atomic E-state index is 11.9. The van der Waals surface area contributed by atoms with E-state index >= 15 is 0 Å². The molecule has 154 valence electrons. The van der Waals surface area contributed by atoms with Crippen molar-refractivity contribution in [3.05, 3.63) is 78.0 Å². The van der Waals surface area contributed by atoms with Crippen LogP contribution in [0.25, 0.3) is 17.4 Å². The van der Waals surface area contributed by atoms with Crippen molar-refractivity contribution in [1.29, 1.82) is 0 Å². The number of amides is 1. The lowest BCUT2D eigenvalue weighted by atomic mass is 10.2. The lowest BCUT2D eigenvalue weighted by Crippen LogP contribution is -2.24. The van der Waals surface area contributed by atoms with Crippen LogP contribution in [0, 0.1) is 0 Å². The first-order valence-electron chi connectivity index (χ1n) is 9.40. The summed E-state index contributed by atoms with van der Waals surface area (Å²) >= 11 is 0. The van der Waals surface area contributed by atoms with Gasteiger partial charge in [-0.1, -0.05) is 47.6 Å². The molecule has 0 radical (unpaired) electrons. The maximum Gasteiger partial charge on any atom is 0.307 e. The highest BCUT2D eigenvalue weighted by Gasteiger charge is 2.09. The fraction of sp³-hybridized carbons (Fsp3) is 0.174. The summed E-state index contributed by atoms with van der Waals surface area (Å²) in [5.41, 5.74) is 2.29. The largest absolute Gasteiger partial charge is 0.497 e. The zero-order chi connectivity index (χ0) is 21.2. The van der Waals surface area contributed by atoms with Crippen molar-refractivity contribution in [2.24, 2.45) is 0 Å². The van der Waals surface area contributed by atoms with Crippen molar-refractivity contribution >= 4 is 18.0 Å². The van der Waals surface area contributed by atoms with Crippen molar-refractivity contribution in [2.75, 3.05) is 13.7 Å². The first-order chi connectivity index (χ1) is 14.6. The number of ether oxygens (including phenoxy) is 2. The van der Waals surface area contributed by atoms with E-state index in [1.165, 1.54) is 6.08 Å². The van der Waals surface area contributed by atoms with Gasteiger partial charge < -0.3 is 19.3 Å². The molecule has 0 bridgehead atoms. The second kappa shape index (κ2) is 10.6. The summed E-state index contributed by atoms with van der Waals surface area (Å²) in [5, 5.41) is 6.54. The monoisotopic (exact) mass is 406 g/mol. The van der Waals surface area contributed by atoms with E-state index in [4.69, 9.17) is 14.0 Å². The number of hydrogen-bond donors (Lipinski definition) is 1. The quantitative estimate of drug-likeness (QED) is 0.431. The molecule has 3 rings (SSSR count). The van der Waals surface area contributed by atoms with E-state index in [0.717, 1.165) is 16.9 Å². The first kappa shape index (κ1) is 20.9. The molecule has 7 heteroatoms. The van der Waals surface area contributed by atoms with Gasteiger partial charge in [-0.2, -0.15) is 0 Å². The fourth-order valence-corrected chi connectivity index (χ4v) is 2.58. The SMILES string of the molecule is COc1ccc(/C=C/C(=O)NCCC(=O)OCc2cc(-c3ccccc3)on2)cc1. The average molecular weight is 406 g/mol. The minimum absolute atomic E-state index is 0.0144. The van der Waals surface area contributed by atoms with Crippen molar-refractivity contribution < 1.29 is 23.6 Å².